The zero-order valence-electron chi connectivity index (χ0n) is 18.0. The number of nitrogens with zero attached hydrogens (tertiary/aromatic N) is 4. The van der Waals surface area contributed by atoms with Gasteiger partial charge < -0.3 is 14.8 Å². The van der Waals surface area contributed by atoms with E-state index >= 15 is 0 Å². The van der Waals surface area contributed by atoms with Crippen molar-refractivity contribution in [3.8, 4) is 11.5 Å². The Hall–Kier alpha value is -3.34. The van der Waals surface area contributed by atoms with Crippen LogP contribution in [0, 0.1) is 6.92 Å². The predicted molar refractivity (Wildman–Crippen MR) is 116 cm³/mol. The molecule has 0 unspecified atom stereocenters. The van der Waals surface area contributed by atoms with Crippen LogP contribution in [0.15, 0.2) is 40.6 Å². The molecule has 2 aromatic rings. The molecule has 0 radical (unpaired) electrons. The summed E-state index contributed by atoms with van der Waals surface area (Å²) >= 11 is 0. The highest BCUT2D eigenvalue weighted by Crippen LogP contribution is 2.27. The second-order valence-electron chi connectivity index (χ2n) is 6.91. The number of ether oxygens (including phenoxy) is 2. The van der Waals surface area contributed by atoms with Crippen molar-refractivity contribution in [1.82, 2.24) is 19.4 Å². The van der Waals surface area contributed by atoms with Gasteiger partial charge in [0.05, 0.1) is 26.1 Å². The highest BCUT2D eigenvalue weighted by molar-refractivity contribution is 7.88. The Morgan fingerprint density at radius 2 is 1.87 bits per heavy atom. The molecule has 0 bridgehead atoms. The summed E-state index contributed by atoms with van der Waals surface area (Å²) in [5, 5.41) is 6.88. The molecular weight excluding hydrogens is 422 g/mol. The van der Waals surface area contributed by atoms with Crippen molar-refractivity contribution >= 4 is 21.8 Å². The molecule has 0 aliphatic carbocycles. The summed E-state index contributed by atoms with van der Waals surface area (Å²) in [6.07, 6.45) is 3.51. The summed E-state index contributed by atoms with van der Waals surface area (Å²) in [5.74, 6) is 0.701. The Bertz CT molecular complexity index is 1170. The van der Waals surface area contributed by atoms with Crippen molar-refractivity contribution < 1.29 is 22.7 Å². The molecule has 166 valence electrons. The van der Waals surface area contributed by atoms with Crippen molar-refractivity contribution in [2.75, 3.05) is 27.8 Å². The number of aromatic nitrogens is 2. The maximum atomic E-state index is 12.8. The molecule has 1 N–H and O–H groups in total. The fourth-order valence-electron chi connectivity index (χ4n) is 3.09. The number of nitrogens with one attached hydrogen (secondary N) is 1. The third-order valence-electron chi connectivity index (χ3n) is 5.06. The molecule has 31 heavy (non-hydrogen) atoms. The summed E-state index contributed by atoms with van der Waals surface area (Å²) in [6.45, 7) is 2.10. The average molecular weight is 448 g/mol. The number of hydrogen-bond donors (Lipinski definition) is 1. The number of aryl methyl sites for hydroxylation is 1. The van der Waals surface area contributed by atoms with Gasteiger partial charge in [0.2, 0.25) is 0 Å². The zero-order chi connectivity index (χ0) is 22.8. The van der Waals surface area contributed by atoms with Crippen molar-refractivity contribution in [2.45, 2.75) is 13.3 Å². The quantitative estimate of drug-likeness (QED) is 0.676. The second-order valence-corrected chi connectivity index (χ2v) is 8.54. The van der Waals surface area contributed by atoms with Crippen LogP contribution in [0.1, 0.15) is 16.8 Å². The van der Waals surface area contributed by atoms with Gasteiger partial charge in [0.25, 0.3) is 5.91 Å². The summed E-state index contributed by atoms with van der Waals surface area (Å²) in [4.78, 5) is 12.8. The Balaban J connectivity index is 1.76. The molecule has 1 aromatic carbocycles. The first-order chi connectivity index (χ1) is 14.7. The van der Waals surface area contributed by atoms with Crippen LogP contribution in [-0.2, 0) is 28.5 Å². The molecule has 10 nitrogen and oxygen atoms in total. The van der Waals surface area contributed by atoms with Gasteiger partial charge in [-0.2, -0.15) is 13.5 Å². The Morgan fingerprint density at radius 3 is 2.48 bits per heavy atom. The van der Waals surface area contributed by atoms with E-state index in [0.717, 1.165) is 15.6 Å². The minimum atomic E-state index is -4.03. The fraction of sp³-hybridized carbons (Fsp3) is 0.350. The zero-order valence-corrected chi connectivity index (χ0v) is 18.9. The number of allylic oxidation sites excluding steroid dienone is 1. The number of rotatable bonds is 7. The van der Waals surface area contributed by atoms with E-state index in [2.05, 4.69) is 14.8 Å². The molecule has 1 aromatic heterocycles. The number of hydrogen-bond acceptors (Lipinski definition) is 6. The molecular formula is C20H25N5O5S. The maximum Gasteiger partial charge on any atom is 0.345 e. The molecule has 2 heterocycles. The molecule has 1 aliphatic heterocycles. The molecule has 1 amide bonds. The summed E-state index contributed by atoms with van der Waals surface area (Å²) in [6, 6.07) is 5.50. The number of benzene rings is 1. The van der Waals surface area contributed by atoms with Crippen molar-refractivity contribution in [2.24, 2.45) is 11.4 Å². The minimum Gasteiger partial charge on any atom is -0.493 e. The Labute approximate surface area is 181 Å². The lowest BCUT2D eigenvalue weighted by Gasteiger charge is -2.23. The van der Waals surface area contributed by atoms with E-state index < -0.39 is 16.1 Å². The number of methoxy groups -OCH3 is 2. The highest BCUT2D eigenvalue weighted by Gasteiger charge is 2.30. The summed E-state index contributed by atoms with van der Waals surface area (Å²) < 4.78 is 41.8. The highest BCUT2D eigenvalue weighted by atomic mass is 32.2. The van der Waals surface area contributed by atoms with Gasteiger partial charge in [-0.05, 0) is 37.1 Å². The first-order valence-corrected chi connectivity index (χ1v) is 10.9. The van der Waals surface area contributed by atoms with E-state index in [4.69, 9.17) is 9.47 Å². The standard InChI is InChI=1S/C20H25N5O5S/c1-13-15(12-22-24(13)2)16-11-17(25(3)31(27,28)23-16)20(26)21-9-8-14-6-7-18(29-4)19(10-14)30-5/h6-7,10-12H,8-9H2,1-5H3,(H,21,26). The largest absolute Gasteiger partial charge is 0.493 e. The van der Waals surface area contributed by atoms with Gasteiger partial charge in [0, 0.05) is 31.9 Å². The smallest absolute Gasteiger partial charge is 0.345 e. The predicted octanol–water partition coefficient (Wildman–Crippen LogP) is 0.968. The van der Waals surface area contributed by atoms with E-state index in [1.165, 1.54) is 19.3 Å². The van der Waals surface area contributed by atoms with Crippen molar-refractivity contribution in [3.05, 3.63) is 53.0 Å². The topological polar surface area (TPSA) is 115 Å². The summed E-state index contributed by atoms with van der Waals surface area (Å²) in [7, 11) is 2.13. The molecule has 0 saturated carbocycles. The van der Waals surface area contributed by atoms with Crippen molar-refractivity contribution in [1.29, 1.82) is 0 Å². The number of likely N-dealkylation sites (N-methyl/N-ethyl adjacent to an activating group) is 1. The number of amides is 1. The second kappa shape index (κ2) is 8.80. The van der Waals surface area contributed by atoms with Gasteiger partial charge in [-0.15, -0.1) is 4.40 Å². The molecule has 0 saturated heterocycles. The Morgan fingerprint density at radius 1 is 1.16 bits per heavy atom. The monoisotopic (exact) mass is 447 g/mol. The number of carbonyl (C=O) groups is 1. The molecule has 11 heteroatoms. The SMILES string of the molecule is COc1ccc(CCNC(=O)C2=CC(c3cnn(C)c3C)=NS(=O)(=O)N2C)cc1OC. The lowest BCUT2D eigenvalue weighted by atomic mass is 10.1. The number of carbonyl (C=O) groups excluding carboxylic acids is 1. The van der Waals surface area contributed by atoms with E-state index in [0.29, 0.717) is 30.0 Å². The maximum absolute atomic E-state index is 12.8. The van der Waals surface area contributed by atoms with Gasteiger partial charge in [0.15, 0.2) is 11.5 Å². The van der Waals surface area contributed by atoms with Crippen LogP contribution in [0.4, 0.5) is 0 Å². The lowest BCUT2D eigenvalue weighted by molar-refractivity contribution is -0.118. The van der Waals surface area contributed by atoms with Gasteiger partial charge in [-0.3, -0.25) is 9.48 Å². The molecule has 1 aliphatic rings. The minimum absolute atomic E-state index is 0.0134. The normalized spacial score (nSPS) is 15.2. The van der Waals surface area contributed by atoms with Crippen LogP contribution in [0.25, 0.3) is 0 Å². The van der Waals surface area contributed by atoms with Crippen LogP contribution < -0.4 is 14.8 Å². The third kappa shape index (κ3) is 4.55. The van der Waals surface area contributed by atoms with Crippen LogP contribution >= 0.6 is 0 Å². The molecule has 3 rings (SSSR count). The lowest BCUT2D eigenvalue weighted by Crippen LogP contribution is -2.39. The first kappa shape index (κ1) is 22.3. The van der Waals surface area contributed by atoms with Crippen LogP contribution in [0.3, 0.4) is 0 Å². The fourth-order valence-corrected chi connectivity index (χ4v) is 4.00. The van der Waals surface area contributed by atoms with Gasteiger partial charge >= 0.3 is 10.2 Å². The third-order valence-corrected chi connectivity index (χ3v) is 6.38. The first-order valence-electron chi connectivity index (χ1n) is 9.46. The molecule has 0 atom stereocenters. The van der Waals surface area contributed by atoms with Crippen molar-refractivity contribution in [3.63, 3.8) is 0 Å². The van der Waals surface area contributed by atoms with Gasteiger partial charge in [0.1, 0.15) is 5.70 Å². The van der Waals surface area contributed by atoms with E-state index in [-0.39, 0.29) is 11.4 Å². The Kier molecular flexibility index (Phi) is 6.34. The van der Waals surface area contributed by atoms with Crippen LogP contribution in [0.5, 0.6) is 11.5 Å². The van der Waals surface area contributed by atoms with Crippen LogP contribution in [0.2, 0.25) is 0 Å². The van der Waals surface area contributed by atoms with E-state index in [9.17, 15) is 13.2 Å². The summed E-state index contributed by atoms with van der Waals surface area (Å²) in [5.41, 5.74) is 2.39. The van der Waals surface area contributed by atoms with E-state index in [1.54, 1.807) is 38.9 Å². The van der Waals surface area contributed by atoms with Crippen LogP contribution in [-0.4, -0.2) is 61.9 Å². The van der Waals surface area contributed by atoms with Gasteiger partial charge in [-0.1, -0.05) is 6.07 Å². The molecule has 0 fully saturated rings. The average Bonchev–Trinajstić information content (AvgIpc) is 3.08. The van der Waals surface area contributed by atoms with Gasteiger partial charge in [-0.25, -0.2) is 4.31 Å². The molecule has 0 spiro atoms. The van der Waals surface area contributed by atoms with E-state index in [1.807, 2.05) is 12.1 Å².